The highest BCUT2D eigenvalue weighted by Gasteiger charge is 2.31. The van der Waals surface area contributed by atoms with E-state index in [0.29, 0.717) is 25.7 Å². The van der Waals surface area contributed by atoms with Gasteiger partial charge in [-0.25, -0.2) is 9.97 Å². The first kappa shape index (κ1) is 15.6. The molecule has 4 rings (SSSR count). The van der Waals surface area contributed by atoms with Gasteiger partial charge in [-0.1, -0.05) is 0 Å². The molecule has 0 spiro atoms. The molecular weight excluding hydrogens is 306 g/mol. The molecular formula is C18H23N3O3. The van der Waals surface area contributed by atoms with E-state index in [1.807, 2.05) is 19.1 Å². The Morgan fingerprint density at radius 2 is 2.17 bits per heavy atom. The van der Waals surface area contributed by atoms with Crippen LogP contribution in [0.15, 0.2) is 22.6 Å². The first-order valence-corrected chi connectivity index (χ1v) is 8.52. The molecule has 0 N–H and O–H groups in total. The fourth-order valence-corrected chi connectivity index (χ4v) is 3.15. The molecule has 1 aliphatic heterocycles. The van der Waals surface area contributed by atoms with Crippen LogP contribution in [-0.4, -0.2) is 36.8 Å². The van der Waals surface area contributed by atoms with Crippen LogP contribution in [0.25, 0.3) is 0 Å². The summed E-state index contributed by atoms with van der Waals surface area (Å²) in [6.07, 6.45) is 2.40. The second-order valence-corrected chi connectivity index (χ2v) is 6.52. The second kappa shape index (κ2) is 6.53. The Balaban J connectivity index is 1.63. The predicted octanol–water partition coefficient (Wildman–Crippen LogP) is 2.98. The van der Waals surface area contributed by atoms with Crippen LogP contribution in [0.3, 0.4) is 0 Å². The van der Waals surface area contributed by atoms with Gasteiger partial charge in [0.25, 0.3) is 0 Å². The molecule has 6 nitrogen and oxygen atoms in total. The standard InChI is InChI=1S/C18H23N3O3/c1-12-9-17(20-18(19-12)13-3-4-13)21-7-8-23-11-15(21)16-6-5-14(24-16)10-22-2/h5-6,9,13,15H,3-4,7-8,10-11H2,1-2H3. The fraction of sp³-hybridized carbons (Fsp3) is 0.556. The van der Waals surface area contributed by atoms with Crippen molar-refractivity contribution in [3.05, 3.63) is 41.2 Å². The summed E-state index contributed by atoms with van der Waals surface area (Å²) in [6, 6.07) is 6.07. The maximum absolute atomic E-state index is 5.95. The predicted molar refractivity (Wildman–Crippen MR) is 89.1 cm³/mol. The van der Waals surface area contributed by atoms with E-state index in [9.17, 15) is 0 Å². The van der Waals surface area contributed by atoms with Crippen LogP contribution in [0, 0.1) is 6.92 Å². The number of aryl methyl sites for hydroxylation is 1. The van der Waals surface area contributed by atoms with E-state index in [-0.39, 0.29) is 6.04 Å². The largest absolute Gasteiger partial charge is 0.461 e. The van der Waals surface area contributed by atoms with E-state index in [0.717, 1.165) is 35.4 Å². The number of hydrogen-bond acceptors (Lipinski definition) is 6. The van der Waals surface area contributed by atoms with Crippen molar-refractivity contribution in [3.8, 4) is 0 Å². The number of aromatic nitrogens is 2. The van der Waals surface area contributed by atoms with Gasteiger partial charge in [-0.05, 0) is 31.9 Å². The highest BCUT2D eigenvalue weighted by atomic mass is 16.5. The highest BCUT2D eigenvalue weighted by Crippen LogP contribution is 2.39. The lowest BCUT2D eigenvalue weighted by atomic mass is 10.1. The molecule has 0 aromatic carbocycles. The molecule has 0 radical (unpaired) electrons. The zero-order valence-electron chi connectivity index (χ0n) is 14.2. The number of anilines is 1. The van der Waals surface area contributed by atoms with Gasteiger partial charge in [0.15, 0.2) is 0 Å². The minimum absolute atomic E-state index is 0.0331. The van der Waals surface area contributed by atoms with E-state index in [2.05, 4.69) is 16.0 Å². The van der Waals surface area contributed by atoms with Crippen LogP contribution < -0.4 is 4.90 Å². The van der Waals surface area contributed by atoms with E-state index >= 15 is 0 Å². The molecule has 128 valence electrons. The molecule has 2 aromatic rings. The molecule has 1 atom stereocenters. The Kier molecular flexibility index (Phi) is 4.24. The number of hydrogen-bond donors (Lipinski definition) is 0. The Morgan fingerprint density at radius 3 is 2.96 bits per heavy atom. The lowest BCUT2D eigenvalue weighted by Crippen LogP contribution is -2.40. The SMILES string of the molecule is COCc1ccc(C2COCCN2c2cc(C)nc(C3CC3)n2)o1. The van der Waals surface area contributed by atoms with Crippen molar-refractivity contribution in [3.63, 3.8) is 0 Å². The molecule has 3 heterocycles. The summed E-state index contributed by atoms with van der Waals surface area (Å²) in [6.45, 7) is 4.61. The molecule has 0 amide bonds. The van der Waals surface area contributed by atoms with Crippen molar-refractivity contribution in [2.45, 2.75) is 38.3 Å². The molecule has 6 heteroatoms. The third-order valence-electron chi connectivity index (χ3n) is 4.52. The molecule has 1 saturated carbocycles. The van der Waals surface area contributed by atoms with Crippen LogP contribution in [0.4, 0.5) is 5.82 Å². The third-order valence-corrected chi connectivity index (χ3v) is 4.52. The Bertz CT molecular complexity index is 711. The molecule has 2 fully saturated rings. The van der Waals surface area contributed by atoms with Crippen molar-refractivity contribution >= 4 is 5.82 Å². The Morgan fingerprint density at radius 1 is 1.29 bits per heavy atom. The molecule has 24 heavy (non-hydrogen) atoms. The Hall–Kier alpha value is -1.92. The van der Waals surface area contributed by atoms with Gasteiger partial charge in [0.2, 0.25) is 0 Å². The summed E-state index contributed by atoms with van der Waals surface area (Å²) < 4.78 is 16.8. The molecule has 1 aliphatic carbocycles. The van der Waals surface area contributed by atoms with Crippen LogP contribution in [-0.2, 0) is 16.1 Å². The molecule has 2 aromatic heterocycles. The number of methoxy groups -OCH3 is 1. The average Bonchev–Trinajstić information content (AvgIpc) is 3.34. The first-order valence-electron chi connectivity index (χ1n) is 8.52. The van der Waals surface area contributed by atoms with Crippen molar-refractivity contribution in [1.82, 2.24) is 9.97 Å². The van der Waals surface area contributed by atoms with Gasteiger partial charge in [0.05, 0.1) is 13.2 Å². The lowest BCUT2D eigenvalue weighted by molar-refractivity contribution is 0.0853. The van der Waals surface area contributed by atoms with Crippen molar-refractivity contribution in [2.24, 2.45) is 0 Å². The number of furan rings is 1. The fourth-order valence-electron chi connectivity index (χ4n) is 3.15. The summed E-state index contributed by atoms with van der Waals surface area (Å²) in [4.78, 5) is 11.7. The van der Waals surface area contributed by atoms with Crippen LogP contribution >= 0.6 is 0 Å². The number of nitrogens with zero attached hydrogens (tertiary/aromatic N) is 3. The summed E-state index contributed by atoms with van der Waals surface area (Å²) in [5.74, 6) is 4.22. The number of rotatable bonds is 5. The van der Waals surface area contributed by atoms with Crippen molar-refractivity contribution in [1.29, 1.82) is 0 Å². The van der Waals surface area contributed by atoms with Crippen molar-refractivity contribution in [2.75, 3.05) is 31.8 Å². The summed E-state index contributed by atoms with van der Waals surface area (Å²) in [5.41, 5.74) is 1.02. The van der Waals surface area contributed by atoms with Gasteiger partial charge < -0.3 is 18.8 Å². The quantitative estimate of drug-likeness (QED) is 0.840. The third kappa shape index (κ3) is 3.16. The van der Waals surface area contributed by atoms with Crippen LogP contribution in [0.2, 0.25) is 0 Å². The highest BCUT2D eigenvalue weighted by molar-refractivity contribution is 5.43. The molecule has 0 bridgehead atoms. The van der Waals surface area contributed by atoms with Crippen LogP contribution in [0.1, 0.15) is 47.8 Å². The van der Waals surface area contributed by atoms with E-state index < -0.39 is 0 Å². The van der Waals surface area contributed by atoms with Gasteiger partial charge in [-0.3, -0.25) is 0 Å². The number of morpholine rings is 1. The molecule has 1 saturated heterocycles. The minimum Gasteiger partial charge on any atom is -0.461 e. The van der Waals surface area contributed by atoms with Crippen molar-refractivity contribution < 1.29 is 13.9 Å². The van der Waals surface area contributed by atoms with Gasteiger partial charge in [0.1, 0.15) is 35.8 Å². The normalized spacial score (nSPS) is 21.2. The average molecular weight is 329 g/mol. The van der Waals surface area contributed by atoms with Gasteiger partial charge in [0, 0.05) is 31.3 Å². The second-order valence-electron chi connectivity index (χ2n) is 6.52. The van der Waals surface area contributed by atoms with E-state index in [1.165, 1.54) is 12.8 Å². The summed E-state index contributed by atoms with van der Waals surface area (Å²) in [5, 5.41) is 0. The first-order chi connectivity index (χ1) is 11.7. The van der Waals surface area contributed by atoms with Gasteiger partial charge in [-0.15, -0.1) is 0 Å². The maximum Gasteiger partial charge on any atom is 0.134 e. The minimum atomic E-state index is 0.0331. The van der Waals surface area contributed by atoms with Crippen LogP contribution in [0.5, 0.6) is 0 Å². The smallest absolute Gasteiger partial charge is 0.134 e. The molecule has 1 unspecified atom stereocenters. The summed E-state index contributed by atoms with van der Waals surface area (Å²) >= 11 is 0. The monoisotopic (exact) mass is 329 g/mol. The zero-order valence-corrected chi connectivity index (χ0v) is 14.2. The lowest BCUT2D eigenvalue weighted by Gasteiger charge is -2.35. The summed E-state index contributed by atoms with van der Waals surface area (Å²) in [7, 11) is 1.67. The number of ether oxygens (including phenoxy) is 2. The zero-order chi connectivity index (χ0) is 16.5. The van der Waals surface area contributed by atoms with Gasteiger partial charge >= 0.3 is 0 Å². The molecule has 2 aliphatic rings. The van der Waals surface area contributed by atoms with E-state index in [4.69, 9.17) is 18.9 Å². The van der Waals surface area contributed by atoms with Gasteiger partial charge in [-0.2, -0.15) is 0 Å². The maximum atomic E-state index is 5.95. The topological polar surface area (TPSA) is 60.6 Å². The Labute approximate surface area is 141 Å². The van der Waals surface area contributed by atoms with E-state index in [1.54, 1.807) is 7.11 Å².